The molecule has 19 heavy (non-hydrogen) atoms. The minimum atomic E-state index is -1.06. The van der Waals surface area contributed by atoms with Gasteiger partial charge >= 0.3 is 5.97 Å². The van der Waals surface area contributed by atoms with Gasteiger partial charge in [0.05, 0.1) is 5.56 Å². The molecular formula is C13H12N2O4. The van der Waals surface area contributed by atoms with Crippen molar-refractivity contribution in [3.63, 3.8) is 0 Å². The van der Waals surface area contributed by atoms with Gasteiger partial charge in [-0.1, -0.05) is 0 Å². The first-order valence-electron chi connectivity index (χ1n) is 5.53. The summed E-state index contributed by atoms with van der Waals surface area (Å²) in [6, 6.07) is 6.14. The topological polar surface area (TPSA) is 83.6 Å². The molecule has 0 aliphatic heterocycles. The molecule has 98 valence electrons. The van der Waals surface area contributed by atoms with Crippen LogP contribution >= 0.6 is 0 Å². The standard InChI is InChI=1S/C13H12N2O4/c1-8-3-5-10(19-8)12(16)15(2)11-6-4-9(7-14-11)13(17)18/h3-7H,1-2H3,(H,17,18). The van der Waals surface area contributed by atoms with Crippen LogP contribution in [0, 0.1) is 6.92 Å². The van der Waals surface area contributed by atoms with E-state index in [0.29, 0.717) is 11.6 Å². The molecule has 0 atom stereocenters. The largest absolute Gasteiger partial charge is 0.478 e. The van der Waals surface area contributed by atoms with E-state index < -0.39 is 5.97 Å². The Morgan fingerprint density at radius 3 is 2.47 bits per heavy atom. The molecule has 0 radical (unpaired) electrons. The van der Waals surface area contributed by atoms with Gasteiger partial charge in [0, 0.05) is 13.2 Å². The van der Waals surface area contributed by atoms with Gasteiger partial charge in [0.1, 0.15) is 11.6 Å². The maximum atomic E-state index is 12.1. The van der Waals surface area contributed by atoms with E-state index in [9.17, 15) is 9.59 Å². The average Bonchev–Trinajstić information content (AvgIpc) is 2.84. The predicted molar refractivity (Wildman–Crippen MR) is 67.4 cm³/mol. The fraction of sp³-hybridized carbons (Fsp3) is 0.154. The molecule has 1 N–H and O–H groups in total. The predicted octanol–water partition coefficient (Wildman–Crippen LogP) is 1.96. The van der Waals surface area contributed by atoms with Crippen molar-refractivity contribution >= 4 is 17.7 Å². The highest BCUT2D eigenvalue weighted by molar-refractivity contribution is 6.03. The van der Waals surface area contributed by atoms with Crippen LogP contribution in [0.3, 0.4) is 0 Å². The molecule has 0 aliphatic rings. The number of pyridine rings is 1. The second kappa shape index (κ2) is 4.93. The fourth-order valence-corrected chi connectivity index (χ4v) is 1.53. The molecule has 0 fully saturated rings. The van der Waals surface area contributed by atoms with Gasteiger partial charge in [-0.2, -0.15) is 0 Å². The summed E-state index contributed by atoms with van der Waals surface area (Å²) in [6.07, 6.45) is 1.20. The molecule has 0 spiro atoms. The fourth-order valence-electron chi connectivity index (χ4n) is 1.53. The summed E-state index contributed by atoms with van der Waals surface area (Å²) in [6.45, 7) is 1.75. The van der Waals surface area contributed by atoms with Crippen LogP contribution in [0.5, 0.6) is 0 Å². The third-order valence-corrected chi connectivity index (χ3v) is 2.59. The van der Waals surface area contributed by atoms with E-state index >= 15 is 0 Å². The lowest BCUT2D eigenvalue weighted by Crippen LogP contribution is -2.26. The molecule has 0 aromatic carbocycles. The average molecular weight is 260 g/mol. The Labute approximate surface area is 109 Å². The highest BCUT2D eigenvalue weighted by Crippen LogP contribution is 2.15. The summed E-state index contributed by atoms with van der Waals surface area (Å²) in [5, 5.41) is 8.77. The van der Waals surface area contributed by atoms with Gasteiger partial charge in [-0.05, 0) is 31.2 Å². The summed E-state index contributed by atoms with van der Waals surface area (Å²) in [7, 11) is 1.54. The SMILES string of the molecule is Cc1ccc(C(=O)N(C)c2ccc(C(=O)O)cn2)o1. The Hall–Kier alpha value is -2.63. The summed E-state index contributed by atoms with van der Waals surface area (Å²) in [5.41, 5.74) is 0.0680. The molecule has 6 nitrogen and oxygen atoms in total. The van der Waals surface area contributed by atoms with Crippen LogP contribution in [0.4, 0.5) is 5.82 Å². The maximum absolute atomic E-state index is 12.1. The third kappa shape index (κ3) is 2.62. The number of carboxylic acids is 1. The van der Waals surface area contributed by atoms with Crippen LogP contribution in [-0.2, 0) is 0 Å². The Kier molecular flexibility index (Phi) is 3.33. The molecule has 1 amide bonds. The zero-order valence-electron chi connectivity index (χ0n) is 10.5. The number of hydrogen-bond acceptors (Lipinski definition) is 4. The molecule has 2 aromatic rings. The molecule has 0 bridgehead atoms. The van der Waals surface area contributed by atoms with E-state index in [1.807, 2.05) is 0 Å². The lowest BCUT2D eigenvalue weighted by Gasteiger charge is -2.14. The summed E-state index contributed by atoms with van der Waals surface area (Å²) < 4.78 is 5.24. The summed E-state index contributed by atoms with van der Waals surface area (Å²) in [4.78, 5) is 28.0. The van der Waals surface area contributed by atoms with Crippen molar-refractivity contribution in [3.05, 3.63) is 47.5 Å². The molecule has 6 heteroatoms. The number of carboxylic acid groups (broad SMARTS) is 1. The third-order valence-electron chi connectivity index (χ3n) is 2.59. The van der Waals surface area contributed by atoms with Gasteiger partial charge in [0.15, 0.2) is 5.76 Å². The van der Waals surface area contributed by atoms with Crippen LogP contribution in [0.1, 0.15) is 26.7 Å². The van der Waals surface area contributed by atoms with Gasteiger partial charge < -0.3 is 9.52 Å². The number of hydrogen-bond donors (Lipinski definition) is 1. The number of carbonyl (C=O) groups is 2. The van der Waals surface area contributed by atoms with Gasteiger partial charge in [-0.25, -0.2) is 9.78 Å². The van der Waals surface area contributed by atoms with Gasteiger partial charge in [-0.3, -0.25) is 9.69 Å². The minimum absolute atomic E-state index is 0.0680. The second-order valence-electron chi connectivity index (χ2n) is 3.98. The molecule has 0 unspecified atom stereocenters. The lowest BCUT2D eigenvalue weighted by molar-refractivity contribution is 0.0696. The van der Waals surface area contributed by atoms with Crippen molar-refractivity contribution in [3.8, 4) is 0 Å². The van der Waals surface area contributed by atoms with E-state index in [4.69, 9.17) is 9.52 Å². The van der Waals surface area contributed by atoms with E-state index in [1.54, 1.807) is 26.1 Å². The van der Waals surface area contributed by atoms with Crippen LogP contribution in [0.2, 0.25) is 0 Å². The highest BCUT2D eigenvalue weighted by Gasteiger charge is 2.18. The highest BCUT2D eigenvalue weighted by atomic mass is 16.4. The van der Waals surface area contributed by atoms with Crippen LogP contribution in [0.25, 0.3) is 0 Å². The molecular weight excluding hydrogens is 248 g/mol. The summed E-state index contributed by atoms with van der Waals surface area (Å²) >= 11 is 0. The molecule has 2 heterocycles. The Morgan fingerprint density at radius 1 is 1.26 bits per heavy atom. The zero-order chi connectivity index (χ0) is 14.0. The van der Waals surface area contributed by atoms with Crippen molar-refractivity contribution in [1.29, 1.82) is 0 Å². The van der Waals surface area contributed by atoms with Crippen molar-refractivity contribution in [2.75, 3.05) is 11.9 Å². The number of aromatic carboxylic acids is 1. The summed E-state index contributed by atoms with van der Waals surface area (Å²) in [5.74, 6) is -0.197. The number of rotatable bonds is 3. The molecule has 2 aromatic heterocycles. The van der Waals surface area contributed by atoms with Gasteiger partial charge in [0.25, 0.3) is 5.91 Å². The maximum Gasteiger partial charge on any atom is 0.337 e. The van der Waals surface area contributed by atoms with Crippen molar-refractivity contribution in [2.24, 2.45) is 0 Å². The quantitative estimate of drug-likeness (QED) is 0.911. The first kappa shape index (κ1) is 12.8. The smallest absolute Gasteiger partial charge is 0.337 e. The number of aromatic nitrogens is 1. The minimum Gasteiger partial charge on any atom is -0.478 e. The lowest BCUT2D eigenvalue weighted by atomic mass is 10.3. The second-order valence-corrected chi connectivity index (χ2v) is 3.98. The van der Waals surface area contributed by atoms with E-state index in [0.717, 1.165) is 0 Å². The van der Waals surface area contributed by atoms with E-state index in [2.05, 4.69) is 4.98 Å². The molecule has 0 saturated carbocycles. The molecule has 0 saturated heterocycles. The van der Waals surface area contributed by atoms with Crippen molar-refractivity contribution < 1.29 is 19.1 Å². The first-order valence-corrected chi connectivity index (χ1v) is 5.53. The van der Waals surface area contributed by atoms with Crippen LogP contribution < -0.4 is 4.90 Å². The Bertz CT molecular complexity index is 616. The van der Waals surface area contributed by atoms with Crippen LogP contribution in [-0.4, -0.2) is 29.0 Å². The number of furan rings is 1. The number of anilines is 1. The number of amides is 1. The normalized spacial score (nSPS) is 10.2. The first-order chi connectivity index (χ1) is 8.99. The van der Waals surface area contributed by atoms with Crippen molar-refractivity contribution in [2.45, 2.75) is 6.92 Å². The van der Waals surface area contributed by atoms with Gasteiger partial charge in [0.2, 0.25) is 0 Å². The van der Waals surface area contributed by atoms with Crippen molar-refractivity contribution in [1.82, 2.24) is 4.98 Å². The molecule has 2 rings (SSSR count). The van der Waals surface area contributed by atoms with E-state index in [-0.39, 0.29) is 17.2 Å². The van der Waals surface area contributed by atoms with Crippen LogP contribution in [0.15, 0.2) is 34.9 Å². The number of nitrogens with zero attached hydrogens (tertiary/aromatic N) is 2. The number of aryl methyl sites for hydroxylation is 1. The molecule has 0 aliphatic carbocycles. The zero-order valence-corrected chi connectivity index (χ0v) is 10.5. The monoisotopic (exact) mass is 260 g/mol. The Balaban J connectivity index is 2.21. The van der Waals surface area contributed by atoms with Gasteiger partial charge in [-0.15, -0.1) is 0 Å². The Morgan fingerprint density at radius 2 is 2.00 bits per heavy atom. The number of carbonyl (C=O) groups excluding carboxylic acids is 1. The van der Waals surface area contributed by atoms with E-state index in [1.165, 1.54) is 23.2 Å².